The van der Waals surface area contributed by atoms with E-state index < -0.39 is 21.7 Å². The van der Waals surface area contributed by atoms with E-state index in [0.29, 0.717) is 4.90 Å². The van der Waals surface area contributed by atoms with Crippen molar-refractivity contribution in [2.45, 2.75) is 4.90 Å². The molecule has 15 heavy (non-hydrogen) atoms. The normalized spacial score (nSPS) is 25.6. The number of imide groups is 1. The standard InChI is InChI=1S/C9H8N2O3S/c12-8-6-15(14,11-9(13)10-8)7-4-2-1-3-5-7/h1-5H,6H2,(H,10,12,13). The van der Waals surface area contributed by atoms with Crippen LogP contribution in [0.4, 0.5) is 4.79 Å². The van der Waals surface area contributed by atoms with Gasteiger partial charge in [-0.05, 0) is 12.1 Å². The summed E-state index contributed by atoms with van der Waals surface area (Å²) in [5, 5.41) is 1.98. The van der Waals surface area contributed by atoms with Crippen molar-refractivity contribution < 1.29 is 13.8 Å². The lowest BCUT2D eigenvalue weighted by Gasteiger charge is -2.13. The third kappa shape index (κ3) is 1.89. The first-order chi connectivity index (χ1) is 7.10. The smallest absolute Gasteiger partial charge is 0.275 e. The van der Waals surface area contributed by atoms with Crippen LogP contribution in [0.15, 0.2) is 39.6 Å². The molecule has 0 radical (unpaired) electrons. The van der Waals surface area contributed by atoms with Crippen molar-refractivity contribution in [1.82, 2.24) is 5.32 Å². The lowest BCUT2D eigenvalue weighted by Crippen LogP contribution is -2.38. The van der Waals surface area contributed by atoms with Gasteiger partial charge in [-0.25, -0.2) is 9.00 Å². The Morgan fingerprint density at radius 1 is 1.20 bits per heavy atom. The van der Waals surface area contributed by atoms with Gasteiger partial charge in [-0.2, -0.15) is 0 Å². The zero-order chi connectivity index (χ0) is 10.9. The predicted molar refractivity (Wildman–Crippen MR) is 53.7 cm³/mol. The molecule has 1 atom stereocenters. The monoisotopic (exact) mass is 224 g/mol. The minimum absolute atomic E-state index is 0.261. The number of nitrogens with one attached hydrogen (secondary N) is 1. The summed E-state index contributed by atoms with van der Waals surface area (Å²) in [5.41, 5.74) is 0. The molecule has 78 valence electrons. The molecular weight excluding hydrogens is 216 g/mol. The van der Waals surface area contributed by atoms with Crippen LogP contribution >= 0.6 is 0 Å². The third-order valence-corrected chi connectivity index (χ3v) is 4.04. The van der Waals surface area contributed by atoms with E-state index in [0.717, 1.165) is 0 Å². The lowest BCUT2D eigenvalue weighted by atomic mass is 10.4. The van der Waals surface area contributed by atoms with Gasteiger partial charge in [-0.1, -0.05) is 18.2 Å². The predicted octanol–water partition coefficient (Wildman–Crippen LogP) is 0.763. The fourth-order valence-corrected chi connectivity index (χ4v) is 2.95. The maximum absolute atomic E-state index is 12.2. The van der Waals surface area contributed by atoms with Crippen molar-refractivity contribution in [1.29, 1.82) is 0 Å². The summed E-state index contributed by atoms with van der Waals surface area (Å²) in [6, 6.07) is 7.50. The molecule has 0 fully saturated rings. The number of carbonyl (C=O) groups is 2. The highest BCUT2D eigenvalue weighted by molar-refractivity contribution is 7.94. The van der Waals surface area contributed by atoms with Crippen LogP contribution in [-0.2, 0) is 14.5 Å². The van der Waals surface area contributed by atoms with Crippen molar-refractivity contribution in [3.63, 3.8) is 0 Å². The zero-order valence-electron chi connectivity index (χ0n) is 7.67. The van der Waals surface area contributed by atoms with Crippen molar-refractivity contribution in [2.75, 3.05) is 5.75 Å². The van der Waals surface area contributed by atoms with Crippen LogP contribution in [0, 0.1) is 0 Å². The van der Waals surface area contributed by atoms with E-state index in [1.54, 1.807) is 30.3 Å². The largest absolute Gasteiger partial charge is 0.356 e. The Morgan fingerprint density at radius 2 is 1.87 bits per heavy atom. The molecule has 1 N–H and O–H groups in total. The van der Waals surface area contributed by atoms with Gasteiger partial charge in [0.05, 0.1) is 9.73 Å². The van der Waals surface area contributed by atoms with Gasteiger partial charge in [0.25, 0.3) is 0 Å². The molecule has 6 heteroatoms. The van der Waals surface area contributed by atoms with E-state index in [4.69, 9.17) is 0 Å². The highest BCUT2D eigenvalue weighted by atomic mass is 32.2. The second-order valence-corrected chi connectivity index (χ2v) is 5.27. The summed E-state index contributed by atoms with van der Waals surface area (Å²) >= 11 is 0. The fourth-order valence-electron chi connectivity index (χ4n) is 1.29. The molecule has 0 spiro atoms. The Kier molecular flexibility index (Phi) is 2.28. The van der Waals surface area contributed by atoms with Gasteiger partial charge in [0.15, 0.2) is 0 Å². The third-order valence-electron chi connectivity index (χ3n) is 1.91. The van der Waals surface area contributed by atoms with Gasteiger partial charge in [-0.3, -0.25) is 10.1 Å². The summed E-state index contributed by atoms with van der Waals surface area (Å²) in [4.78, 5) is 22.5. The molecule has 0 saturated carbocycles. The van der Waals surface area contributed by atoms with Crippen LogP contribution in [0.3, 0.4) is 0 Å². The summed E-state index contributed by atoms with van der Waals surface area (Å²) in [6.07, 6.45) is 0. The molecule has 3 amide bonds. The van der Waals surface area contributed by atoms with Gasteiger partial charge < -0.3 is 0 Å². The molecule has 1 heterocycles. The van der Waals surface area contributed by atoms with Gasteiger partial charge in [0.1, 0.15) is 5.75 Å². The first kappa shape index (κ1) is 9.85. The molecule has 0 aromatic heterocycles. The Morgan fingerprint density at radius 3 is 2.47 bits per heavy atom. The minimum Gasteiger partial charge on any atom is -0.275 e. The summed E-state index contributed by atoms with van der Waals surface area (Å²) < 4.78 is 15.7. The molecule has 1 aromatic carbocycles. The van der Waals surface area contributed by atoms with Gasteiger partial charge in [0.2, 0.25) is 5.91 Å². The number of benzene rings is 1. The number of amides is 3. The van der Waals surface area contributed by atoms with Crippen molar-refractivity contribution in [3.05, 3.63) is 30.3 Å². The SMILES string of the molecule is O=C1CS(=O)(c2ccccc2)=NC(=O)N1. The van der Waals surface area contributed by atoms with Crippen molar-refractivity contribution in [3.8, 4) is 0 Å². The summed E-state index contributed by atoms with van der Waals surface area (Å²) in [6.45, 7) is 0. The van der Waals surface area contributed by atoms with E-state index in [9.17, 15) is 13.8 Å². The van der Waals surface area contributed by atoms with Gasteiger partial charge >= 0.3 is 6.03 Å². The Hall–Kier alpha value is -1.69. The molecule has 0 bridgehead atoms. The number of carbonyl (C=O) groups excluding carboxylic acids is 2. The maximum atomic E-state index is 12.2. The topological polar surface area (TPSA) is 75.6 Å². The van der Waals surface area contributed by atoms with E-state index in [1.165, 1.54) is 0 Å². The first-order valence-electron chi connectivity index (χ1n) is 4.24. The molecule has 5 nitrogen and oxygen atoms in total. The molecule has 1 aromatic rings. The van der Waals surface area contributed by atoms with Crippen LogP contribution in [0.2, 0.25) is 0 Å². The van der Waals surface area contributed by atoms with Gasteiger partial charge in [0, 0.05) is 4.90 Å². The van der Waals surface area contributed by atoms with Crippen LogP contribution in [0.1, 0.15) is 0 Å². The quantitative estimate of drug-likeness (QED) is 0.765. The Bertz CT molecular complexity index is 530. The molecule has 1 aliphatic heterocycles. The van der Waals surface area contributed by atoms with Crippen molar-refractivity contribution in [2.24, 2.45) is 4.36 Å². The van der Waals surface area contributed by atoms with E-state index in [2.05, 4.69) is 4.36 Å². The average Bonchev–Trinajstić information content (AvgIpc) is 2.17. The second kappa shape index (κ2) is 3.47. The fraction of sp³-hybridized carbons (Fsp3) is 0.111. The lowest BCUT2D eigenvalue weighted by molar-refractivity contribution is -0.117. The maximum Gasteiger partial charge on any atom is 0.356 e. The van der Waals surface area contributed by atoms with Gasteiger partial charge in [-0.15, -0.1) is 4.36 Å². The molecular formula is C9H8N2O3S. The van der Waals surface area contributed by atoms with E-state index in [1.807, 2.05) is 5.32 Å². The van der Waals surface area contributed by atoms with Crippen molar-refractivity contribution >= 4 is 21.7 Å². The van der Waals surface area contributed by atoms with Crippen LogP contribution < -0.4 is 5.32 Å². The highest BCUT2D eigenvalue weighted by Crippen LogP contribution is 2.15. The summed E-state index contributed by atoms with van der Waals surface area (Å²) in [7, 11) is -2.90. The number of nitrogens with zero attached hydrogens (tertiary/aromatic N) is 1. The van der Waals surface area contributed by atoms with Crippen LogP contribution in [0.5, 0.6) is 0 Å². The molecule has 1 unspecified atom stereocenters. The molecule has 0 aliphatic carbocycles. The summed E-state index contributed by atoms with van der Waals surface area (Å²) in [5.74, 6) is -0.813. The molecule has 2 rings (SSSR count). The molecule has 1 aliphatic rings. The minimum atomic E-state index is -2.90. The highest BCUT2D eigenvalue weighted by Gasteiger charge is 2.25. The Balaban J connectivity index is 2.56. The number of hydrogen-bond donors (Lipinski definition) is 1. The first-order valence-corrected chi connectivity index (χ1v) is 5.92. The molecule has 0 saturated heterocycles. The van der Waals surface area contributed by atoms with E-state index in [-0.39, 0.29) is 5.75 Å². The average molecular weight is 224 g/mol. The Labute approximate surface area is 86.7 Å². The number of rotatable bonds is 1. The van der Waals surface area contributed by atoms with Crippen LogP contribution in [-0.4, -0.2) is 21.9 Å². The number of hydrogen-bond acceptors (Lipinski definition) is 3. The zero-order valence-corrected chi connectivity index (χ0v) is 8.49. The van der Waals surface area contributed by atoms with Crippen LogP contribution in [0.25, 0.3) is 0 Å². The number of urea groups is 1. The second-order valence-electron chi connectivity index (χ2n) is 3.04. The van der Waals surface area contributed by atoms with E-state index >= 15 is 0 Å².